The van der Waals surface area contributed by atoms with Crippen molar-refractivity contribution < 1.29 is 23.8 Å². The Kier molecular flexibility index (Phi) is 6.51. The summed E-state index contributed by atoms with van der Waals surface area (Å²) < 4.78 is 21.5. The predicted molar refractivity (Wildman–Crippen MR) is 96.3 cm³/mol. The number of nitrogens with zero attached hydrogens (tertiary/aromatic N) is 1. The first-order valence-electron chi connectivity index (χ1n) is 7.70. The van der Waals surface area contributed by atoms with Crippen LogP contribution in [0.15, 0.2) is 41.6 Å². The van der Waals surface area contributed by atoms with Crippen molar-refractivity contribution in [2.75, 3.05) is 35.5 Å². The van der Waals surface area contributed by atoms with Gasteiger partial charge in [-0.3, -0.25) is 0 Å². The molecule has 0 heterocycles. The fraction of sp³-hybridized carbons (Fsp3) is 0.316. The highest BCUT2D eigenvalue weighted by Gasteiger charge is 2.20. The lowest BCUT2D eigenvalue weighted by Gasteiger charge is -2.16. The molecule has 0 spiro atoms. The smallest absolute Gasteiger partial charge is 0.203 e. The Balaban J connectivity index is 2.44. The molecule has 2 rings (SSSR count). The summed E-state index contributed by atoms with van der Waals surface area (Å²) in [7, 11) is 7.89. The molecular formula is C19H23NO5. The monoisotopic (exact) mass is 345 g/mol. The van der Waals surface area contributed by atoms with Crippen LogP contribution < -0.4 is 18.9 Å². The Hall–Kier alpha value is -2.89. The minimum Gasteiger partial charge on any atom is -0.497 e. The second-order valence-electron chi connectivity index (χ2n) is 5.13. The Labute approximate surface area is 147 Å². The van der Waals surface area contributed by atoms with E-state index in [4.69, 9.17) is 23.8 Å². The zero-order valence-electron chi connectivity index (χ0n) is 15.2. The van der Waals surface area contributed by atoms with Gasteiger partial charge in [0.15, 0.2) is 11.5 Å². The van der Waals surface area contributed by atoms with Crippen molar-refractivity contribution in [2.45, 2.75) is 6.42 Å². The maximum absolute atomic E-state index is 5.55. The quantitative estimate of drug-likeness (QED) is 0.543. The molecule has 134 valence electrons. The molecule has 0 aliphatic heterocycles. The van der Waals surface area contributed by atoms with E-state index in [1.807, 2.05) is 36.4 Å². The molecule has 0 aliphatic rings. The summed E-state index contributed by atoms with van der Waals surface area (Å²) in [6.45, 7) is 0. The van der Waals surface area contributed by atoms with Crippen LogP contribution in [0.3, 0.4) is 0 Å². The van der Waals surface area contributed by atoms with E-state index in [1.54, 1.807) is 28.4 Å². The van der Waals surface area contributed by atoms with Crippen LogP contribution in [0.1, 0.15) is 11.1 Å². The molecule has 0 saturated carbocycles. The highest BCUT2D eigenvalue weighted by Crippen LogP contribution is 2.40. The SMILES string of the molecule is CO/N=C(/Cc1ccc(OC)cc1)c1ccc(OC)c(OC)c1OC. The molecule has 0 atom stereocenters. The van der Waals surface area contributed by atoms with Gasteiger partial charge in [0.1, 0.15) is 12.9 Å². The number of hydrogen-bond acceptors (Lipinski definition) is 6. The molecule has 0 N–H and O–H groups in total. The standard InChI is InChI=1S/C19H23NO5/c1-21-14-8-6-13(7-9-14)12-16(20-25-5)15-10-11-17(22-2)19(24-4)18(15)23-3/h6-11H,12H2,1-5H3/b20-16-. The normalized spacial score (nSPS) is 11.0. The Morgan fingerprint density at radius 1 is 0.760 bits per heavy atom. The lowest BCUT2D eigenvalue weighted by molar-refractivity contribution is 0.213. The van der Waals surface area contributed by atoms with Gasteiger partial charge in [0.05, 0.1) is 34.2 Å². The molecule has 0 bridgehead atoms. The van der Waals surface area contributed by atoms with Crippen LogP contribution in [-0.4, -0.2) is 41.3 Å². The molecule has 25 heavy (non-hydrogen) atoms. The third-order valence-corrected chi connectivity index (χ3v) is 3.75. The van der Waals surface area contributed by atoms with Crippen LogP contribution in [0.25, 0.3) is 0 Å². The largest absolute Gasteiger partial charge is 0.497 e. The van der Waals surface area contributed by atoms with Gasteiger partial charge in [-0.05, 0) is 29.8 Å². The van der Waals surface area contributed by atoms with Crippen LogP contribution >= 0.6 is 0 Å². The van der Waals surface area contributed by atoms with Crippen LogP contribution in [0, 0.1) is 0 Å². The van der Waals surface area contributed by atoms with Crippen LogP contribution in [0.5, 0.6) is 23.0 Å². The number of methoxy groups -OCH3 is 4. The summed E-state index contributed by atoms with van der Waals surface area (Å²) in [6, 6.07) is 11.5. The van der Waals surface area contributed by atoms with Gasteiger partial charge < -0.3 is 23.8 Å². The summed E-state index contributed by atoms with van der Waals surface area (Å²) in [5.74, 6) is 2.45. The van der Waals surface area contributed by atoms with Crippen molar-refractivity contribution >= 4 is 5.71 Å². The molecular weight excluding hydrogens is 322 g/mol. The number of benzene rings is 2. The second-order valence-corrected chi connectivity index (χ2v) is 5.13. The fourth-order valence-corrected chi connectivity index (χ4v) is 2.55. The summed E-state index contributed by atoms with van der Waals surface area (Å²) in [5.41, 5.74) is 2.55. The zero-order chi connectivity index (χ0) is 18.2. The number of ether oxygens (including phenoxy) is 4. The highest BCUT2D eigenvalue weighted by molar-refractivity contribution is 6.04. The van der Waals surface area contributed by atoms with Gasteiger partial charge in [-0.25, -0.2) is 0 Å². The van der Waals surface area contributed by atoms with Crippen LogP contribution in [0.2, 0.25) is 0 Å². The Morgan fingerprint density at radius 3 is 1.96 bits per heavy atom. The molecule has 6 nitrogen and oxygen atoms in total. The molecule has 0 aromatic heterocycles. The first kappa shape index (κ1) is 18.4. The van der Waals surface area contributed by atoms with Gasteiger partial charge in [-0.15, -0.1) is 0 Å². The summed E-state index contributed by atoms with van der Waals surface area (Å²) in [6.07, 6.45) is 0.559. The van der Waals surface area contributed by atoms with Crippen molar-refractivity contribution in [1.82, 2.24) is 0 Å². The Bertz CT molecular complexity index is 725. The topological polar surface area (TPSA) is 58.5 Å². The molecule has 0 aliphatic carbocycles. The van der Waals surface area contributed by atoms with Crippen molar-refractivity contribution in [1.29, 1.82) is 0 Å². The minimum absolute atomic E-state index is 0.515. The van der Waals surface area contributed by atoms with E-state index in [0.717, 1.165) is 16.9 Å². The van der Waals surface area contributed by atoms with E-state index < -0.39 is 0 Å². The van der Waals surface area contributed by atoms with Gasteiger partial charge >= 0.3 is 0 Å². The van der Waals surface area contributed by atoms with Gasteiger partial charge in [-0.2, -0.15) is 0 Å². The third kappa shape index (κ3) is 4.15. The molecule has 2 aromatic carbocycles. The van der Waals surface area contributed by atoms with Gasteiger partial charge in [0.2, 0.25) is 5.75 Å². The minimum atomic E-state index is 0.515. The molecule has 6 heteroatoms. The molecule has 0 radical (unpaired) electrons. The van der Waals surface area contributed by atoms with Crippen LogP contribution in [0.4, 0.5) is 0 Å². The number of rotatable bonds is 8. The molecule has 0 amide bonds. The zero-order valence-corrected chi connectivity index (χ0v) is 15.2. The van der Waals surface area contributed by atoms with E-state index in [-0.39, 0.29) is 0 Å². The van der Waals surface area contributed by atoms with Crippen molar-refractivity contribution in [3.8, 4) is 23.0 Å². The lowest BCUT2D eigenvalue weighted by Crippen LogP contribution is -2.09. The van der Waals surface area contributed by atoms with E-state index in [2.05, 4.69) is 5.16 Å². The maximum Gasteiger partial charge on any atom is 0.203 e. The molecule has 2 aromatic rings. The van der Waals surface area contributed by atoms with E-state index in [9.17, 15) is 0 Å². The molecule has 0 unspecified atom stereocenters. The van der Waals surface area contributed by atoms with Crippen molar-refractivity contribution in [3.05, 3.63) is 47.5 Å². The van der Waals surface area contributed by atoms with E-state index >= 15 is 0 Å². The number of hydrogen-bond donors (Lipinski definition) is 0. The molecule has 0 fully saturated rings. The Morgan fingerprint density at radius 2 is 1.44 bits per heavy atom. The first-order valence-corrected chi connectivity index (χ1v) is 7.70. The predicted octanol–water partition coefficient (Wildman–Crippen LogP) is 3.31. The van der Waals surface area contributed by atoms with Gasteiger partial charge in [0.25, 0.3) is 0 Å². The van der Waals surface area contributed by atoms with Crippen molar-refractivity contribution in [3.63, 3.8) is 0 Å². The second kappa shape index (κ2) is 8.82. The first-order chi connectivity index (χ1) is 12.2. The number of oxime groups is 1. The molecule has 0 saturated heterocycles. The van der Waals surface area contributed by atoms with E-state index in [0.29, 0.717) is 29.4 Å². The van der Waals surface area contributed by atoms with Gasteiger partial charge in [0, 0.05) is 12.0 Å². The fourth-order valence-electron chi connectivity index (χ4n) is 2.55. The van der Waals surface area contributed by atoms with E-state index in [1.165, 1.54) is 7.11 Å². The maximum atomic E-state index is 5.55. The van der Waals surface area contributed by atoms with Crippen LogP contribution in [-0.2, 0) is 11.3 Å². The highest BCUT2D eigenvalue weighted by atomic mass is 16.6. The summed E-state index contributed by atoms with van der Waals surface area (Å²) in [5, 5.41) is 4.18. The lowest BCUT2D eigenvalue weighted by atomic mass is 10.0. The summed E-state index contributed by atoms with van der Waals surface area (Å²) in [4.78, 5) is 5.04. The van der Waals surface area contributed by atoms with Crippen molar-refractivity contribution in [2.24, 2.45) is 5.16 Å². The summed E-state index contributed by atoms with van der Waals surface area (Å²) >= 11 is 0. The third-order valence-electron chi connectivity index (χ3n) is 3.75. The average Bonchev–Trinajstić information content (AvgIpc) is 2.66. The average molecular weight is 345 g/mol. The van der Waals surface area contributed by atoms with Gasteiger partial charge in [-0.1, -0.05) is 17.3 Å².